The Bertz CT molecular complexity index is 409. The van der Waals surface area contributed by atoms with E-state index in [1.807, 2.05) is 34.6 Å². The third-order valence-electron chi connectivity index (χ3n) is 4.41. The molecule has 1 saturated carbocycles. The molecule has 21 heavy (non-hydrogen) atoms. The summed E-state index contributed by atoms with van der Waals surface area (Å²) in [5.74, 6) is -0.504. The zero-order chi connectivity index (χ0) is 16.4. The van der Waals surface area contributed by atoms with Crippen molar-refractivity contribution in [2.45, 2.75) is 71.7 Å². The molecule has 4 N–H and O–H groups in total. The van der Waals surface area contributed by atoms with Gasteiger partial charge in [-0.2, -0.15) is 0 Å². The topological polar surface area (TPSA) is 93.4 Å². The molecule has 1 fully saturated rings. The van der Waals surface area contributed by atoms with Crippen LogP contribution in [0.15, 0.2) is 0 Å². The van der Waals surface area contributed by atoms with Gasteiger partial charge in [-0.3, -0.25) is 9.59 Å². The van der Waals surface area contributed by atoms with Crippen LogP contribution in [0.1, 0.15) is 48.0 Å². The molecule has 0 aromatic carbocycles. The van der Waals surface area contributed by atoms with Crippen molar-refractivity contribution in [1.29, 1.82) is 0 Å². The first-order valence-corrected chi connectivity index (χ1v) is 7.58. The molecule has 1 rings (SSSR count). The van der Waals surface area contributed by atoms with Crippen LogP contribution in [0.3, 0.4) is 0 Å². The van der Waals surface area contributed by atoms with Gasteiger partial charge in [-0.05, 0) is 27.7 Å². The van der Waals surface area contributed by atoms with Gasteiger partial charge >= 0.3 is 0 Å². The van der Waals surface area contributed by atoms with E-state index < -0.39 is 17.0 Å². The van der Waals surface area contributed by atoms with Crippen LogP contribution in [0.5, 0.6) is 0 Å². The second kappa shape index (κ2) is 6.32. The quantitative estimate of drug-likeness (QED) is 0.667. The molecular weight excluding hydrogens is 270 g/mol. The number of nitrogens with one attached hydrogen (secondary N) is 2. The largest absolute Gasteiger partial charge is 0.378 e. The Balaban J connectivity index is 2.66. The monoisotopic (exact) mass is 299 g/mol. The van der Waals surface area contributed by atoms with Crippen LogP contribution in [0.2, 0.25) is 0 Å². The van der Waals surface area contributed by atoms with Gasteiger partial charge in [0.1, 0.15) is 11.6 Å². The van der Waals surface area contributed by atoms with E-state index in [2.05, 4.69) is 10.6 Å². The molecule has 122 valence electrons. The highest BCUT2D eigenvalue weighted by Gasteiger charge is 2.63. The van der Waals surface area contributed by atoms with Crippen LogP contribution in [-0.4, -0.2) is 42.1 Å². The fraction of sp³-hybridized carbons (Fsp3) is 0.867. The zero-order valence-corrected chi connectivity index (χ0v) is 13.9. The summed E-state index contributed by atoms with van der Waals surface area (Å²) in [6.45, 7) is 11.8. The Morgan fingerprint density at radius 1 is 1.29 bits per heavy atom. The Hall–Kier alpha value is -1.14. The lowest BCUT2D eigenvalue weighted by atomic mass is 9.54. The summed E-state index contributed by atoms with van der Waals surface area (Å²) in [6, 6.07) is -0.576. The highest BCUT2D eigenvalue weighted by Crippen LogP contribution is 2.49. The molecule has 3 atom stereocenters. The molecule has 0 radical (unpaired) electrons. The van der Waals surface area contributed by atoms with Crippen LogP contribution in [0.25, 0.3) is 0 Å². The number of ether oxygens (including phenoxy) is 1. The molecule has 3 unspecified atom stereocenters. The van der Waals surface area contributed by atoms with Crippen molar-refractivity contribution in [1.82, 2.24) is 10.6 Å². The van der Waals surface area contributed by atoms with Crippen LogP contribution >= 0.6 is 0 Å². The molecule has 6 nitrogen and oxygen atoms in total. The minimum absolute atomic E-state index is 0.0296. The van der Waals surface area contributed by atoms with Gasteiger partial charge in [0.2, 0.25) is 11.8 Å². The summed E-state index contributed by atoms with van der Waals surface area (Å²) in [6.07, 6.45) is 0.441. The molecule has 2 amide bonds. The first-order valence-electron chi connectivity index (χ1n) is 7.58. The van der Waals surface area contributed by atoms with E-state index in [0.717, 1.165) is 0 Å². The number of carbonyl (C=O) groups is 2. The predicted octanol–water partition coefficient (Wildman–Crippen LogP) is 0.548. The van der Waals surface area contributed by atoms with Crippen molar-refractivity contribution in [3.05, 3.63) is 0 Å². The maximum Gasteiger partial charge on any atom is 0.242 e. The fourth-order valence-corrected chi connectivity index (χ4v) is 2.62. The van der Waals surface area contributed by atoms with Crippen LogP contribution in [-0.2, 0) is 14.3 Å². The van der Waals surface area contributed by atoms with Crippen LogP contribution < -0.4 is 16.4 Å². The van der Waals surface area contributed by atoms with E-state index in [9.17, 15) is 9.59 Å². The summed E-state index contributed by atoms with van der Waals surface area (Å²) < 4.78 is 5.60. The van der Waals surface area contributed by atoms with Gasteiger partial charge < -0.3 is 21.1 Å². The second-order valence-corrected chi connectivity index (χ2v) is 6.70. The molecule has 0 bridgehead atoms. The SMILES string of the molecule is CCOC1CC(N)(C(=O)NC(C)C(=O)NC(C)C)C1(C)C. The summed E-state index contributed by atoms with van der Waals surface area (Å²) in [5, 5.41) is 5.48. The number of nitrogens with two attached hydrogens (primary N) is 1. The standard InChI is InChI=1S/C15H29N3O3/c1-7-21-11-8-15(16,14(11,5)6)13(20)18-10(4)12(19)17-9(2)3/h9-11H,7-8,16H2,1-6H3,(H,17,19)(H,18,20). The summed E-state index contributed by atoms with van der Waals surface area (Å²) >= 11 is 0. The Morgan fingerprint density at radius 2 is 1.86 bits per heavy atom. The first kappa shape index (κ1) is 17.9. The number of hydrogen-bond donors (Lipinski definition) is 3. The number of rotatable bonds is 6. The normalized spacial score (nSPS) is 28.7. The molecule has 0 spiro atoms. The van der Waals surface area contributed by atoms with Gasteiger partial charge in [0.05, 0.1) is 6.10 Å². The Labute approximate surface area is 127 Å². The molecule has 1 aliphatic carbocycles. The predicted molar refractivity (Wildman–Crippen MR) is 81.6 cm³/mol. The van der Waals surface area contributed by atoms with E-state index in [4.69, 9.17) is 10.5 Å². The van der Waals surface area contributed by atoms with Crippen molar-refractivity contribution in [2.75, 3.05) is 6.61 Å². The van der Waals surface area contributed by atoms with Crippen LogP contribution in [0, 0.1) is 5.41 Å². The average Bonchev–Trinajstić information content (AvgIpc) is 2.37. The second-order valence-electron chi connectivity index (χ2n) is 6.70. The van der Waals surface area contributed by atoms with E-state index in [1.165, 1.54) is 0 Å². The molecule has 0 aromatic rings. The van der Waals surface area contributed by atoms with Gasteiger partial charge in [0.25, 0.3) is 0 Å². The van der Waals surface area contributed by atoms with Gasteiger partial charge in [-0.15, -0.1) is 0 Å². The Morgan fingerprint density at radius 3 is 2.29 bits per heavy atom. The van der Waals surface area contributed by atoms with Crippen molar-refractivity contribution in [3.63, 3.8) is 0 Å². The average molecular weight is 299 g/mol. The van der Waals surface area contributed by atoms with Crippen molar-refractivity contribution < 1.29 is 14.3 Å². The van der Waals surface area contributed by atoms with Crippen molar-refractivity contribution in [3.8, 4) is 0 Å². The molecule has 0 heterocycles. The summed E-state index contributed by atoms with van der Waals surface area (Å²) in [5.41, 5.74) is 4.81. The lowest BCUT2D eigenvalue weighted by Crippen LogP contribution is -2.76. The number of carbonyl (C=O) groups excluding carboxylic acids is 2. The van der Waals surface area contributed by atoms with E-state index in [1.54, 1.807) is 6.92 Å². The lowest BCUT2D eigenvalue weighted by Gasteiger charge is -2.57. The molecule has 0 aliphatic heterocycles. The molecule has 0 aromatic heterocycles. The van der Waals surface area contributed by atoms with E-state index in [0.29, 0.717) is 13.0 Å². The highest BCUT2D eigenvalue weighted by atomic mass is 16.5. The first-order chi connectivity index (χ1) is 9.56. The van der Waals surface area contributed by atoms with E-state index >= 15 is 0 Å². The van der Waals surface area contributed by atoms with Gasteiger partial charge in [-0.25, -0.2) is 0 Å². The van der Waals surface area contributed by atoms with Crippen molar-refractivity contribution in [2.24, 2.45) is 11.1 Å². The smallest absolute Gasteiger partial charge is 0.242 e. The lowest BCUT2D eigenvalue weighted by molar-refractivity contribution is -0.171. The third kappa shape index (κ3) is 3.37. The molecule has 1 aliphatic rings. The fourth-order valence-electron chi connectivity index (χ4n) is 2.62. The molecule has 0 saturated heterocycles. The highest BCUT2D eigenvalue weighted by molar-refractivity contribution is 5.93. The summed E-state index contributed by atoms with van der Waals surface area (Å²) in [7, 11) is 0. The zero-order valence-electron chi connectivity index (χ0n) is 13.9. The number of amides is 2. The van der Waals surface area contributed by atoms with Crippen molar-refractivity contribution >= 4 is 11.8 Å². The van der Waals surface area contributed by atoms with Gasteiger partial charge in [0.15, 0.2) is 0 Å². The van der Waals surface area contributed by atoms with Crippen LogP contribution in [0.4, 0.5) is 0 Å². The van der Waals surface area contributed by atoms with E-state index in [-0.39, 0.29) is 24.0 Å². The van der Waals surface area contributed by atoms with Gasteiger partial charge in [0, 0.05) is 24.5 Å². The third-order valence-corrected chi connectivity index (χ3v) is 4.41. The van der Waals surface area contributed by atoms with Gasteiger partial charge in [-0.1, -0.05) is 13.8 Å². The number of hydrogen-bond acceptors (Lipinski definition) is 4. The minimum Gasteiger partial charge on any atom is -0.378 e. The molecular formula is C15H29N3O3. The Kier molecular flexibility index (Phi) is 5.39. The molecule has 6 heteroatoms. The maximum absolute atomic E-state index is 12.4. The minimum atomic E-state index is -1.00. The summed E-state index contributed by atoms with van der Waals surface area (Å²) in [4.78, 5) is 24.3. The maximum atomic E-state index is 12.4.